The number of hydrogen-bond acceptors (Lipinski definition) is 4. The Bertz CT molecular complexity index is 1020. The van der Waals surface area contributed by atoms with E-state index in [2.05, 4.69) is 5.43 Å². The third-order valence-electron chi connectivity index (χ3n) is 4.69. The molecule has 0 saturated heterocycles. The lowest BCUT2D eigenvalue weighted by molar-refractivity contribution is 0.0519. The molecule has 7 heteroatoms. The van der Waals surface area contributed by atoms with E-state index in [1.54, 1.807) is 36.3 Å². The second kappa shape index (κ2) is 7.18. The Balaban J connectivity index is 1.51. The van der Waals surface area contributed by atoms with Crippen LogP contribution in [-0.2, 0) is 6.61 Å². The quantitative estimate of drug-likeness (QED) is 0.643. The molecular weight excluding hydrogens is 369 g/mol. The lowest BCUT2D eigenvalue weighted by Gasteiger charge is -2.13. The molecule has 0 saturated carbocycles. The van der Waals surface area contributed by atoms with Crippen molar-refractivity contribution in [2.45, 2.75) is 12.8 Å². The number of anilines is 1. The van der Waals surface area contributed by atoms with E-state index in [9.17, 15) is 18.3 Å². The molecule has 3 aromatic rings. The van der Waals surface area contributed by atoms with Gasteiger partial charge in [-0.3, -0.25) is 0 Å². The van der Waals surface area contributed by atoms with Crippen molar-refractivity contribution >= 4 is 5.69 Å². The number of hydrazine groups is 1. The smallest absolute Gasteiger partial charge is 0.161 e. The van der Waals surface area contributed by atoms with Crippen molar-refractivity contribution in [3.8, 4) is 16.9 Å². The SMILES string of the molecule is CN1Nc2c(COc3ccc(-c4cc(F)c(F)cc4F)cc3)cccc2C1O. The Kier molecular flexibility index (Phi) is 4.70. The molecule has 1 atom stereocenters. The molecule has 3 aromatic carbocycles. The fourth-order valence-electron chi connectivity index (χ4n) is 3.17. The first-order valence-electron chi connectivity index (χ1n) is 8.61. The number of benzene rings is 3. The molecular formula is C21H17F3N2O2. The third kappa shape index (κ3) is 3.30. The fraction of sp³-hybridized carbons (Fsp3) is 0.143. The summed E-state index contributed by atoms with van der Waals surface area (Å²) in [5.41, 5.74) is 5.93. The van der Waals surface area contributed by atoms with E-state index in [4.69, 9.17) is 4.74 Å². The minimum absolute atomic E-state index is 0.0208. The minimum Gasteiger partial charge on any atom is -0.489 e. The zero-order valence-corrected chi connectivity index (χ0v) is 14.9. The summed E-state index contributed by atoms with van der Waals surface area (Å²) in [5, 5.41) is 11.7. The summed E-state index contributed by atoms with van der Waals surface area (Å²) in [6.07, 6.45) is -0.722. The van der Waals surface area contributed by atoms with Gasteiger partial charge in [0.2, 0.25) is 0 Å². The zero-order valence-electron chi connectivity index (χ0n) is 14.9. The Morgan fingerprint density at radius 2 is 1.71 bits per heavy atom. The number of rotatable bonds is 4. The van der Waals surface area contributed by atoms with Crippen molar-refractivity contribution < 1.29 is 23.0 Å². The number of aliphatic hydroxyl groups is 1. The molecule has 28 heavy (non-hydrogen) atoms. The van der Waals surface area contributed by atoms with E-state index in [1.807, 2.05) is 18.2 Å². The van der Waals surface area contributed by atoms with Crippen LogP contribution in [0.15, 0.2) is 54.6 Å². The van der Waals surface area contributed by atoms with Crippen LogP contribution in [0.5, 0.6) is 5.75 Å². The van der Waals surface area contributed by atoms with Gasteiger partial charge in [-0.2, -0.15) is 5.01 Å². The number of nitrogens with zero attached hydrogens (tertiary/aromatic N) is 1. The number of ether oxygens (including phenoxy) is 1. The van der Waals surface area contributed by atoms with Crippen molar-refractivity contribution in [2.24, 2.45) is 0 Å². The van der Waals surface area contributed by atoms with Gasteiger partial charge in [-0.25, -0.2) is 13.2 Å². The zero-order chi connectivity index (χ0) is 19.8. The summed E-state index contributed by atoms with van der Waals surface area (Å²) in [5.74, 6) is -2.62. The van der Waals surface area contributed by atoms with Crippen LogP contribution in [0.2, 0.25) is 0 Å². The maximum Gasteiger partial charge on any atom is 0.161 e. The average Bonchev–Trinajstić information content (AvgIpc) is 2.98. The van der Waals surface area contributed by atoms with Crippen LogP contribution in [0.1, 0.15) is 17.4 Å². The normalized spacial score (nSPS) is 16.0. The topological polar surface area (TPSA) is 44.7 Å². The van der Waals surface area contributed by atoms with Gasteiger partial charge in [-0.05, 0) is 23.8 Å². The molecule has 1 aliphatic heterocycles. The van der Waals surface area contributed by atoms with Crippen LogP contribution in [0.25, 0.3) is 11.1 Å². The van der Waals surface area contributed by atoms with Crippen molar-refractivity contribution in [3.63, 3.8) is 0 Å². The van der Waals surface area contributed by atoms with Gasteiger partial charge in [0.25, 0.3) is 0 Å². The number of nitrogens with one attached hydrogen (secondary N) is 1. The molecule has 0 amide bonds. The lowest BCUT2D eigenvalue weighted by atomic mass is 10.0. The van der Waals surface area contributed by atoms with Gasteiger partial charge in [-0.1, -0.05) is 30.3 Å². The van der Waals surface area contributed by atoms with Crippen LogP contribution in [-0.4, -0.2) is 17.2 Å². The predicted molar refractivity (Wildman–Crippen MR) is 98.9 cm³/mol. The van der Waals surface area contributed by atoms with E-state index >= 15 is 0 Å². The molecule has 144 valence electrons. The molecule has 0 bridgehead atoms. The van der Waals surface area contributed by atoms with E-state index in [1.165, 1.54) is 0 Å². The first-order chi connectivity index (χ1) is 13.4. The summed E-state index contributed by atoms with van der Waals surface area (Å²) < 4.78 is 46.2. The summed E-state index contributed by atoms with van der Waals surface area (Å²) in [7, 11) is 1.74. The number of aliphatic hydroxyl groups excluding tert-OH is 1. The maximum atomic E-state index is 13.9. The summed E-state index contributed by atoms with van der Waals surface area (Å²) >= 11 is 0. The summed E-state index contributed by atoms with van der Waals surface area (Å²) in [6.45, 7) is 0.260. The predicted octanol–water partition coefficient (Wildman–Crippen LogP) is 4.61. The molecule has 4 nitrogen and oxygen atoms in total. The number of fused-ring (bicyclic) bond motifs is 1. The second-order valence-corrected chi connectivity index (χ2v) is 6.54. The second-order valence-electron chi connectivity index (χ2n) is 6.54. The molecule has 1 heterocycles. The molecule has 4 rings (SSSR count). The number of hydrogen-bond donors (Lipinski definition) is 2. The van der Waals surface area contributed by atoms with Crippen molar-refractivity contribution in [1.82, 2.24) is 5.01 Å². The Labute approximate surface area is 159 Å². The Morgan fingerprint density at radius 3 is 2.46 bits per heavy atom. The molecule has 0 aromatic heterocycles. The average molecular weight is 386 g/mol. The van der Waals surface area contributed by atoms with Crippen molar-refractivity contribution in [1.29, 1.82) is 0 Å². The minimum atomic E-state index is -1.22. The highest BCUT2D eigenvalue weighted by atomic mass is 19.2. The largest absolute Gasteiger partial charge is 0.489 e. The van der Waals surface area contributed by atoms with Crippen LogP contribution >= 0.6 is 0 Å². The first kappa shape index (κ1) is 18.3. The van der Waals surface area contributed by atoms with Gasteiger partial charge < -0.3 is 15.3 Å². The Morgan fingerprint density at radius 1 is 1.00 bits per heavy atom. The molecule has 1 unspecified atom stereocenters. The van der Waals surface area contributed by atoms with Gasteiger partial charge in [0.1, 0.15) is 18.2 Å². The van der Waals surface area contributed by atoms with Crippen LogP contribution in [0, 0.1) is 17.5 Å². The van der Waals surface area contributed by atoms with E-state index in [0.29, 0.717) is 17.4 Å². The summed E-state index contributed by atoms with van der Waals surface area (Å²) in [6, 6.07) is 13.4. The summed E-state index contributed by atoms with van der Waals surface area (Å²) in [4.78, 5) is 0. The monoisotopic (exact) mass is 386 g/mol. The molecule has 0 fully saturated rings. The Hall–Kier alpha value is -3.03. The van der Waals surface area contributed by atoms with E-state index in [0.717, 1.165) is 22.9 Å². The first-order valence-corrected chi connectivity index (χ1v) is 8.61. The molecule has 0 radical (unpaired) electrons. The van der Waals surface area contributed by atoms with Gasteiger partial charge >= 0.3 is 0 Å². The van der Waals surface area contributed by atoms with Crippen LogP contribution < -0.4 is 10.2 Å². The van der Waals surface area contributed by atoms with E-state index < -0.39 is 23.7 Å². The molecule has 2 N–H and O–H groups in total. The number of halogens is 3. The molecule has 0 spiro atoms. The van der Waals surface area contributed by atoms with Crippen molar-refractivity contribution in [3.05, 3.63) is 83.2 Å². The highest BCUT2D eigenvalue weighted by Crippen LogP contribution is 2.35. The van der Waals surface area contributed by atoms with Crippen molar-refractivity contribution in [2.75, 3.05) is 12.5 Å². The molecule has 0 aliphatic carbocycles. The maximum absolute atomic E-state index is 13.9. The highest BCUT2D eigenvalue weighted by Gasteiger charge is 2.26. The van der Waals surface area contributed by atoms with Crippen LogP contribution in [0.3, 0.4) is 0 Å². The molecule has 1 aliphatic rings. The third-order valence-corrected chi connectivity index (χ3v) is 4.69. The van der Waals surface area contributed by atoms with Gasteiger partial charge in [0, 0.05) is 29.8 Å². The van der Waals surface area contributed by atoms with Crippen LogP contribution in [0.4, 0.5) is 18.9 Å². The van der Waals surface area contributed by atoms with Gasteiger partial charge in [0.05, 0.1) is 5.69 Å². The fourth-order valence-corrected chi connectivity index (χ4v) is 3.17. The number of para-hydroxylation sites is 1. The lowest BCUT2D eigenvalue weighted by Crippen LogP contribution is -2.22. The van der Waals surface area contributed by atoms with Gasteiger partial charge in [-0.15, -0.1) is 0 Å². The standard InChI is InChI=1S/C21H17F3N2O2/c1-26-21(27)15-4-2-3-13(20(15)25-26)11-28-14-7-5-12(6-8-14)16-9-18(23)19(24)10-17(16)22/h2-10,21,25,27H,11H2,1H3. The highest BCUT2D eigenvalue weighted by molar-refractivity contribution is 5.65. The van der Waals surface area contributed by atoms with E-state index in [-0.39, 0.29) is 12.2 Å². The van der Waals surface area contributed by atoms with Gasteiger partial charge in [0.15, 0.2) is 17.9 Å².